The summed E-state index contributed by atoms with van der Waals surface area (Å²) in [6.45, 7) is 6.36. The van der Waals surface area contributed by atoms with Gasteiger partial charge in [0.2, 0.25) is 11.8 Å². The molecule has 1 aromatic rings. The predicted octanol–water partition coefficient (Wildman–Crippen LogP) is 1.96. The highest BCUT2D eigenvalue weighted by molar-refractivity contribution is 6.03. The molecule has 20 heavy (non-hydrogen) atoms. The maximum Gasteiger partial charge on any atom is 0.232 e. The second-order valence-electron chi connectivity index (χ2n) is 5.63. The summed E-state index contributed by atoms with van der Waals surface area (Å²) in [5.74, 6) is -0.301. The maximum atomic E-state index is 12.0. The number of imide groups is 1. The SMILES string of the molecule is CNC(CN1C(=O)CC(C)C1=O)c1ccc(C)c(C)c1. The van der Waals surface area contributed by atoms with Gasteiger partial charge in [0.1, 0.15) is 0 Å². The largest absolute Gasteiger partial charge is 0.312 e. The molecule has 0 aliphatic carbocycles. The summed E-state index contributed by atoms with van der Waals surface area (Å²) >= 11 is 0. The molecule has 1 N–H and O–H groups in total. The number of carbonyl (C=O) groups is 2. The van der Waals surface area contributed by atoms with Gasteiger partial charge in [-0.3, -0.25) is 14.5 Å². The number of hydrogen-bond donors (Lipinski definition) is 1. The lowest BCUT2D eigenvalue weighted by Gasteiger charge is -2.23. The molecule has 1 heterocycles. The number of carbonyl (C=O) groups excluding carboxylic acids is 2. The van der Waals surface area contributed by atoms with Crippen molar-refractivity contribution in [3.8, 4) is 0 Å². The first-order valence-corrected chi connectivity index (χ1v) is 7.02. The smallest absolute Gasteiger partial charge is 0.232 e. The fourth-order valence-corrected chi connectivity index (χ4v) is 2.57. The highest BCUT2D eigenvalue weighted by atomic mass is 16.2. The molecule has 4 nitrogen and oxygen atoms in total. The van der Waals surface area contributed by atoms with E-state index < -0.39 is 0 Å². The molecule has 0 bridgehead atoms. The standard InChI is InChI=1S/C16H22N2O2/c1-10-5-6-13(7-11(10)2)14(17-4)9-18-15(19)8-12(3)16(18)20/h5-7,12,14,17H,8-9H2,1-4H3. The van der Waals surface area contributed by atoms with Crippen molar-refractivity contribution < 1.29 is 9.59 Å². The van der Waals surface area contributed by atoms with Gasteiger partial charge >= 0.3 is 0 Å². The highest BCUT2D eigenvalue weighted by Gasteiger charge is 2.36. The van der Waals surface area contributed by atoms with Crippen LogP contribution in [-0.4, -0.2) is 30.3 Å². The summed E-state index contributed by atoms with van der Waals surface area (Å²) < 4.78 is 0. The van der Waals surface area contributed by atoms with Crippen LogP contribution < -0.4 is 5.32 Å². The molecule has 1 aliphatic rings. The van der Waals surface area contributed by atoms with Gasteiger partial charge in [0.05, 0.1) is 6.04 Å². The molecule has 4 heteroatoms. The van der Waals surface area contributed by atoms with Gasteiger partial charge in [-0.15, -0.1) is 0 Å². The van der Waals surface area contributed by atoms with Crippen LogP contribution in [-0.2, 0) is 9.59 Å². The molecule has 2 atom stereocenters. The molecule has 1 aromatic carbocycles. The summed E-state index contributed by atoms with van der Waals surface area (Å²) in [7, 11) is 1.86. The summed E-state index contributed by atoms with van der Waals surface area (Å²) in [6, 6.07) is 6.22. The summed E-state index contributed by atoms with van der Waals surface area (Å²) in [6.07, 6.45) is 0.336. The molecular formula is C16H22N2O2. The molecule has 0 saturated carbocycles. The van der Waals surface area contributed by atoms with Gasteiger partial charge < -0.3 is 5.32 Å². The molecule has 1 saturated heterocycles. The Balaban J connectivity index is 2.19. The van der Waals surface area contributed by atoms with E-state index in [1.54, 1.807) is 0 Å². The van der Waals surface area contributed by atoms with E-state index in [9.17, 15) is 9.59 Å². The number of nitrogens with one attached hydrogen (secondary N) is 1. The van der Waals surface area contributed by atoms with E-state index in [4.69, 9.17) is 0 Å². The number of aryl methyl sites for hydroxylation is 2. The Hall–Kier alpha value is -1.68. The van der Waals surface area contributed by atoms with E-state index in [0.29, 0.717) is 13.0 Å². The minimum Gasteiger partial charge on any atom is -0.312 e. The molecule has 1 aliphatic heterocycles. The first kappa shape index (κ1) is 14.7. The van der Waals surface area contributed by atoms with Crippen LogP contribution in [0.25, 0.3) is 0 Å². The van der Waals surface area contributed by atoms with Crippen molar-refractivity contribution in [1.29, 1.82) is 0 Å². The monoisotopic (exact) mass is 274 g/mol. The third-order valence-corrected chi connectivity index (χ3v) is 4.12. The van der Waals surface area contributed by atoms with Gasteiger partial charge in [-0.05, 0) is 37.6 Å². The lowest BCUT2D eigenvalue weighted by molar-refractivity contribution is -0.139. The fraction of sp³-hybridized carbons (Fsp3) is 0.500. The summed E-state index contributed by atoms with van der Waals surface area (Å²) in [5, 5.41) is 3.20. The van der Waals surface area contributed by atoms with Gasteiger partial charge in [0.15, 0.2) is 0 Å². The molecule has 108 valence electrons. The number of likely N-dealkylation sites (tertiary alicyclic amines) is 1. The molecule has 2 unspecified atom stereocenters. The second kappa shape index (κ2) is 5.75. The predicted molar refractivity (Wildman–Crippen MR) is 78.2 cm³/mol. The van der Waals surface area contributed by atoms with Gasteiger partial charge in [-0.1, -0.05) is 25.1 Å². The van der Waals surface area contributed by atoms with E-state index >= 15 is 0 Å². The topological polar surface area (TPSA) is 49.4 Å². The van der Waals surface area contributed by atoms with Crippen molar-refractivity contribution in [2.24, 2.45) is 5.92 Å². The normalized spacial score (nSPS) is 20.6. The van der Waals surface area contributed by atoms with Gasteiger partial charge in [-0.25, -0.2) is 0 Å². The Morgan fingerprint density at radius 2 is 2.00 bits per heavy atom. The van der Waals surface area contributed by atoms with E-state index in [2.05, 4.69) is 37.4 Å². The zero-order valence-corrected chi connectivity index (χ0v) is 12.6. The molecule has 0 radical (unpaired) electrons. The molecule has 0 spiro atoms. The highest BCUT2D eigenvalue weighted by Crippen LogP contribution is 2.23. The van der Waals surface area contributed by atoms with Crippen LogP contribution in [0.3, 0.4) is 0 Å². The molecule has 2 rings (SSSR count). The van der Waals surface area contributed by atoms with Crippen molar-refractivity contribution in [2.75, 3.05) is 13.6 Å². The Morgan fingerprint density at radius 1 is 1.30 bits per heavy atom. The third-order valence-electron chi connectivity index (χ3n) is 4.12. The van der Waals surface area contributed by atoms with Gasteiger partial charge in [0.25, 0.3) is 0 Å². The number of hydrogen-bond acceptors (Lipinski definition) is 3. The van der Waals surface area contributed by atoms with Crippen molar-refractivity contribution >= 4 is 11.8 Å². The zero-order chi connectivity index (χ0) is 14.9. The van der Waals surface area contributed by atoms with Crippen LogP contribution in [0.1, 0.15) is 36.1 Å². The quantitative estimate of drug-likeness (QED) is 0.854. The van der Waals surface area contributed by atoms with Crippen molar-refractivity contribution in [3.05, 3.63) is 34.9 Å². The Labute approximate surface area is 120 Å². The number of rotatable bonds is 4. The van der Waals surface area contributed by atoms with E-state index in [1.165, 1.54) is 16.0 Å². The molecule has 0 aromatic heterocycles. The third kappa shape index (κ3) is 2.75. The first-order chi connectivity index (χ1) is 9.43. The minimum absolute atomic E-state index is 0.0208. The molecule has 1 fully saturated rings. The van der Waals surface area contributed by atoms with Crippen LogP contribution in [0.15, 0.2) is 18.2 Å². The Morgan fingerprint density at radius 3 is 2.50 bits per heavy atom. The van der Waals surface area contributed by atoms with Crippen LogP contribution in [0.4, 0.5) is 0 Å². The average Bonchev–Trinajstić information content (AvgIpc) is 2.65. The van der Waals surface area contributed by atoms with Gasteiger partial charge in [0, 0.05) is 18.9 Å². The average molecular weight is 274 g/mol. The zero-order valence-electron chi connectivity index (χ0n) is 12.6. The Kier molecular flexibility index (Phi) is 4.23. The van der Waals surface area contributed by atoms with E-state index in [0.717, 1.165) is 5.56 Å². The van der Waals surface area contributed by atoms with Gasteiger partial charge in [-0.2, -0.15) is 0 Å². The minimum atomic E-state index is -0.181. The first-order valence-electron chi connectivity index (χ1n) is 7.02. The molecule has 2 amide bonds. The van der Waals surface area contributed by atoms with Crippen molar-refractivity contribution in [3.63, 3.8) is 0 Å². The lowest BCUT2D eigenvalue weighted by Crippen LogP contribution is -2.38. The van der Waals surface area contributed by atoms with Crippen LogP contribution >= 0.6 is 0 Å². The van der Waals surface area contributed by atoms with E-state index in [-0.39, 0.29) is 23.8 Å². The number of benzene rings is 1. The summed E-state index contributed by atoms with van der Waals surface area (Å²) in [4.78, 5) is 25.3. The van der Waals surface area contributed by atoms with Crippen LogP contribution in [0, 0.1) is 19.8 Å². The molecular weight excluding hydrogens is 252 g/mol. The van der Waals surface area contributed by atoms with E-state index in [1.807, 2.05) is 14.0 Å². The number of nitrogens with zero attached hydrogens (tertiary/aromatic N) is 1. The Bertz CT molecular complexity index is 539. The second-order valence-corrected chi connectivity index (χ2v) is 5.63. The van der Waals surface area contributed by atoms with Crippen LogP contribution in [0.2, 0.25) is 0 Å². The summed E-state index contributed by atoms with van der Waals surface area (Å²) in [5.41, 5.74) is 3.57. The van der Waals surface area contributed by atoms with Crippen LogP contribution in [0.5, 0.6) is 0 Å². The lowest BCUT2D eigenvalue weighted by atomic mass is 10.0. The maximum absolute atomic E-state index is 12.0. The van der Waals surface area contributed by atoms with Crippen molar-refractivity contribution in [1.82, 2.24) is 10.2 Å². The fourth-order valence-electron chi connectivity index (χ4n) is 2.57. The number of amides is 2. The van der Waals surface area contributed by atoms with Crippen molar-refractivity contribution in [2.45, 2.75) is 33.2 Å². The number of likely N-dealkylation sites (N-methyl/N-ethyl adjacent to an activating group) is 1.